The first-order valence-electron chi connectivity index (χ1n) is 7.87. The summed E-state index contributed by atoms with van der Waals surface area (Å²) in [7, 11) is 0. The molecule has 120 valence electrons. The lowest BCUT2D eigenvalue weighted by atomic mass is 10.2. The fraction of sp³-hybridized carbons (Fsp3) is 0.333. The zero-order valence-corrected chi connectivity index (χ0v) is 12.8. The Hall–Kier alpha value is -2.43. The van der Waals surface area contributed by atoms with Crippen LogP contribution in [0.4, 0.5) is 4.39 Å². The van der Waals surface area contributed by atoms with E-state index in [4.69, 9.17) is 4.74 Å². The first-order chi connectivity index (χ1) is 11.2. The van der Waals surface area contributed by atoms with Crippen molar-refractivity contribution in [1.29, 1.82) is 0 Å². The van der Waals surface area contributed by atoms with Crippen LogP contribution in [0.5, 0.6) is 5.88 Å². The quantitative estimate of drug-likeness (QED) is 0.919. The van der Waals surface area contributed by atoms with Gasteiger partial charge in [0, 0.05) is 23.9 Å². The second-order valence-electron chi connectivity index (χ2n) is 5.69. The fourth-order valence-electron chi connectivity index (χ4n) is 2.74. The van der Waals surface area contributed by atoms with Gasteiger partial charge in [0.1, 0.15) is 11.9 Å². The van der Waals surface area contributed by atoms with Gasteiger partial charge in [0.2, 0.25) is 5.88 Å². The summed E-state index contributed by atoms with van der Waals surface area (Å²) in [6.45, 7) is 0.297. The van der Waals surface area contributed by atoms with E-state index < -0.39 is 5.82 Å². The zero-order chi connectivity index (χ0) is 16.1. The zero-order valence-electron chi connectivity index (χ0n) is 12.8. The molecule has 0 bridgehead atoms. The Morgan fingerprint density at radius 2 is 2.09 bits per heavy atom. The number of hydrogen-bond acceptors (Lipinski definition) is 3. The SMILES string of the molecule is O=C(NCc1cccnc1OC1CCCC1)c1cccc(F)c1. The summed E-state index contributed by atoms with van der Waals surface area (Å²) in [5, 5.41) is 2.78. The molecule has 0 spiro atoms. The van der Waals surface area contributed by atoms with Crippen LogP contribution in [0.3, 0.4) is 0 Å². The summed E-state index contributed by atoms with van der Waals surface area (Å²) in [6.07, 6.45) is 6.36. The molecule has 0 saturated heterocycles. The van der Waals surface area contributed by atoms with Crippen molar-refractivity contribution in [1.82, 2.24) is 10.3 Å². The van der Waals surface area contributed by atoms with Crippen molar-refractivity contribution in [3.05, 3.63) is 59.5 Å². The minimum atomic E-state index is -0.427. The summed E-state index contributed by atoms with van der Waals surface area (Å²) in [6, 6.07) is 9.31. The van der Waals surface area contributed by atoms with Crippen molar-refractivity contribution < 1.29 is 13.9 Å². The highest BCUT2D eigenvalue weighted by Crippen LogP contribution is 2.24. The van der Waals surface area contributed by atoms with Crippen LogP contribution in [0.25, 0.3) is 0 Å². The third-order valence-electron chi connectivity index (χ3n) is 3.96. The lowest BCUT2D eigenvalue weighted by Gasteiger charge is -2.15. The van der Waals surface area contributed by atoms with Crippen LogP contribution in [-0.4, -0.2) is 17.0 Å². The number of halogens is 1. The summed E-state index contributed by atoms with van der Waals surface area (Å²) < 4.78 is 19.1. The minimum Gasteiger partial charge on any atom is -0.474 e. The molecule has 1 aromatic heterocycles. The van der Waals surface area contributed by atoms with E-state index in [-0.39, 0.29) is 12.0 Å². The number of ether oxygens (including phenoxy) is 1. The monoisotopic (exact) mass is 314 g/mol. The van der Waals surface area contributed by atoms with Gasteiger partial charge in [-0.3, -0.25) is 4.79 Å². The van der Waals surface area contributed by atoms with E-state index in [0.717, 1.165) is 18.4 Å². The van der Waals surface area contributed by atoms with Crippen LogP contribution in [0.1, 0.15) is 41.6 Å². The molecule has 0 aliphatic heterocycles. The van der Waals surface area contributed by atoms with Crippen LogP contribution in [-0.2, 0) is 6.54 Å². The van der Waals surface area contributed by atoms with Gasteiger partial charge in [0.25, 0.3) is 5.91 Å². The Kier molecular flexibility index (Phi) is 4.86. The van der Waals surface area contributed by atoms with Crippen LogP contribution in [0, 0.1) is 5.82 Å². The van der Waals surface area contributed by atoms with Crippen LogP contribution in [0.2, 0.25) is 0 Å². The molecular weight excluding hydrogens is 295 g/mol. The Balaban J connectivity index is 1.64. The Labute approximate surface area is 134 Å². The first kappa shape index (κ1) is 15.5. The molecule has 1 heterocycles. The second kappa shape index (κ2) is 7.22. The lowest BCUT2D eigenvalue weighted by Crippen LogP contribution is -2.24. The number of nitrogens with one attached hydrogen (secondary N) is 1. The van der Waals surface area contributed by atoms with Gasteiger partial charge >= 0.3 is 0 Å². The highest BCUT2D eigenvalue weighted by atomic mass is 19.1. The summed E-state index contributed by atoms with van der Waals surface area (Å²) in [5.74, 6) is -0.177. The van der Waals surface area contributed by atoms with Gasteiger partial charge in [0.05, 0.1) is 0 Å². The molecule has 2 aromatic rings. The van der Waals surface area contributed by atoms with Crippen molar-refractivity contribution in [3.63, 3.8) is 0 Å². The molecule has 1 aromatic carbocycles. The number of pyridine rings is 1. The Morgan fingerprint density at radius 1 is 1.26 bits per heavy atom. The second-order valence-corrected chi connectivity index (χ2v) is 5.69. The van der Waals surface area contributed by atoms with Gasteiger partial charge in [-0.2, -0.15) is 0 Å². The van der Waals surface area contributed by atoms with E-state index in [1.807, 2.05) is 12.1 Å². The molecule has 1 N–H and O–H groups in total. The topological polar surface area (TPSA) is 51.2 Å². The fourth-order valence-corrected chi connectivity index (χ4v) is 2.74. The van der Waals surface area contributed by atoms with Crippen LogP contribution in [0.15, 0.2) is 42.6 Å². The molecular formula is C18H19FN2O2. The molecule has 0 radical (unpaired) electrons. The number of aromatic nitrogens is 1. The van der Waals surface area contributed by atoms with Crippen molar-refractivity contribution >= 4 is 5.91 Å². The number of nitrogens with zero attached hydrogens (tertiary/aromatic N) is 1. The van der Waals surface area contributed by atoms with Crippen LogP contribution < -0.4 is 10.1 Å². The average Bonchev–Trinajstić information content (AvgIpc) is 3.07. The Bertz CT molecular complexity index is 684. The minimum absolute atomic E-state index is 0.211. The first-order valence-corrected chi connectivity index (χ1v) is 7.87. The highest BCUT2D eigenvalue weighted by molar-refractivity contribution is 5.94. The van der Waals surface area contributed by atoms with E-state index in [1.165, 1.54) is 31.0 Å². The van der Waals surface area contributed by atoms with Gasteiger partial charge in [-0.1, -0.05) is 12.1 Å². The van der Waals surface area contributed by atoms with Crippen LogP contribution >= 0.6 is 0 Å². The van der Waals surface area contributed by atoms with E-state index >= 15 is 0 Å². The third-order valence-corrected chi connectivity index (χ3v) is 3.96. The average molecular weight is 314 g/mol. The molecule has 23 heavy (non-hydrogen) atoms. The maximum absolute atomic E-state index is 13.2. The normalized spacial score (nSPS) is 14.7. The standard InChI is InChI=1S/C18H19FN2O2/c19-15-7-3-5-13(11-15)17(22)21-12-14-6-4-10-20-18(14)23-16-8-1-2-9-16/h3-7,10-11,16H,1-2,8-9,12H2,(H,21,22). The molecule has 5 heteroatoms. The van der Waals surface area contributed by atoms with Gasteiger partial charge < -0.3 is 10.1 Å². The lowest BCUT2D eigenvalue weighted by molar-refractivity contribution is 0.0950. The number of rotatable bonds is 5. The molecule has 1 aliphatic rings. The number of carbonyl (C=O) groups is 1. The summed E-state index contributed by atoms with van der Waals surface area (Å²) in [5.41, 5.74) is 1.12. The largest absolute Gasteiger partial charge is 0.474 e. The van der Waals surface area contributed by atoms with Gasteiger partial charge in [-0.05, 0) is 49.9 Å². The van der Waals surface area contributed by atoms with E-state index in [0.29, 0.717) is 18.0 Å². The van der Waals surface area contributed by atoms with Gasteiger partial charge in [-0.25, -0.2) is 9.37 Å². The smallest absolute Gasteiger partial charge is 0.251 e. The molecule has 1 amide bonds. The molecule has 3 rings (SSSR count). The summed E-state index contributed by atoms with van der Waals surface area (Å²) >= 11 is 0. The van der Waals surface area contributed by atoms with Gasteiger partial charge in [-0.15, -0.1) is 0 Å². The molecule has 0 unspecified atom stereocenters. The molecule has 4 nitrogen and oxygen atoms in total. The molecule has 1 saturated carbocycles. The molecule has 1 fully saturated rings. The molecule has 1 aliphatic carbocycles. The number of benzene rings is 1. The number of amides is 1. The maximum atomic E-state index is 13.2. The van der Waals surface area contributed by atoms with Crippen molar-refractivity contribution in [3.8, 4) is 5.88 Å². The van der Waals surface area contributed by atoms with E-state index in [2.05, 4.69) is 10.3 Å². The van der Waals surface area contributed by atoms with Gasteiger partial charge in [0.15, 0.2) is 0 Å². The predicted octanol–water partition coefficient (Wildman–Crippen LogP) is 3.47. The van der Waals surface area contributed by atoms with Crippen molar-refractivity contribution in [2.24, 2.45) is 0 Å². The van der Waals surface area contributed by atoms with E-state index in [9.17, 15) is 9.18 Å². The van der Waals surface area contributed by atoms with Crippen molar-refractivity contribution in [2.75, 3.05) is 0 Å². The maximum Gasteiger partial charge on any atom is 0.251 e. The van der Waals surface area contributed by atoms with Crippen molar-refractivity contribution in [2.45, 2.75) is 38.3 Å². The number of carbonyl (C=O) groups excluding carboxylic acids is 1. The molecule has 0 atom stereocenters. The number of hydrogen-bond donors (Lipinski definition) is 1. The summed E-state index contributed by atoms with van der Waals surface area (Å²) in [4.78, 5) is 16.4. The van der Waals surface area contributed by atoms with E-state index in [1.54, 1.807) is 12.3 Å². The Morgan fingerprint density at radius 3 is 2.87 bits per heavy atom. The third kappa shape index (κ3) is 4.06. The predicted molar refractivity (Wildman–Crippen MR) is 84.7 cm³/mol. The highest BCUT2D eigenvalue weighted by Gasteiger charge is 2.18.